The molecule has 1 amide bonds. The van der Waals surface area contributed by atoms with Gasteiger partial charge in [-0.2, -0.15) is 0 Å². The fraction of sp³-hybridized carbons (Fsp3) is 0.545. The van der Waals surface area contributed by atoms with Gasteiger partial charge in [0.05, 0.1) is 12.4 Å². The second kappa shape index (κ2) is 6.27. The molecule has 7 heteroatoms. The summed E-state index contributed by atoms with van der Waals surface area (Å²) in [4.78, 5) is 19.7. The maximum Gasteiger partial charge on any atom is 0.271 e. The molecule has 18 heavy (non-hydrogen) atoms. The van der Waals surface area contributed by atoms with Crippen LogP contribution < -0.4 is 16.6 Å². The van der Waals surface area contributed by atoms with Crippen LogP contribution in [0.5, 0.6) is 0 Å². The highest BCUT2D eigenvalue weighted by Crippen LogP contribution is 2.15. The number of ether oxygens (including phenoxy) is 1. The van der Waals surface area contributed by atoms with Crippen molar-refractivity contribution < 1.29 is 9.53 Å². The number of hydrogen-bond donors (Lipinski definition) is 3. The molecule has 1 aliphatic heterocycles. The van der Waals surface area contributed by atoms with E-state index in [1.165, 1.54) is 12.4 Å². The van der Waals surface area contributed by atoms with Crippen LogP contribution in [0.4, 0.5) is 5.82 Å². The van der Waals surface area contributed by atoms with E-state index >= 15 is 0 Å². The maximum absolute atomic E-state index is 11.8. The van der Waals surface area contributed by atoms with Crippen molar-refractivity contribution >= 4 is 11.7 Å². The van der Waals surface area contributed by atoms with Crippen LogP contribution in [0.15, 0.2) is 12.4 Å². The largest absolute Gasteiger partial charge is 0.381 e. The third-order valence-electron chi connectivity index (χ3n) is 2.88. The first-order valence-corrected chi connectivity index (χ1v) is 5.94. The Morgan fingerprint density at radius 3 is 3.17 bits per heavy atom. The van der Waals surface area contributed by atoms with Gasteiger partial charge in [0.25, 0.3) is 5.91 Å². The number of hydrazine groups is 1. The lowest BCUT2D eigenvalue weighted by Gasteiger charge is -2.08. The summed E-state index contributed by atoms with van der Waals surface area (Å²) in [6.07, 6.45) is 4.86. The number of carbonyl (C=O) groups is 1. The number of nitrogens with one attached hydrogen (secondary N) is 2. The van der Waals surface area contributed by atoms with Crippen molar-refractivity contribution in [1.29, 1.82) is 0 Å². The van der Waals surface area contributed by atoms with Crippen LogP contribution in [0.3, 0.4) is 0 Å². The Kier molecular flexibility index (Phi) is 4.43. The van der Waals surface area contributed by atoms with E-state index in [0.29, 0.717) is 18.3 Å². The molecule has 7 nitrogen and oxygen atoms in total. The van der Waals surface area contributed by atoms with Gasteiger partial charge >= 0.3 is 0 Å². The second-order valence-corrected chi connectivity index (χ2v) is 4.21. The zero-order valence-electron chi connectivity index (χ0n) is 10.1. The third kappa shape index (κ3) is 3.38. The molecule has 1 aromatic rings. The van der Waals surface area contributed by atoms with Crippen molar-refractivity contribution in [1.82, 2.24) is 15.3 Å². The van der Waals surface area contributed by atoms with E-state index < -0.39 is 0 Å². The summed E-state index contributed by atoms with van der Waals surface area (Å²) in [6, 6.07) is 0. The van der Waals surface area contributed by atoms with Gasteiger partial charge in [-0.1, -0.05) is 0 Å². The Balaban J connectivity index is 1.79. The Morgan fingerprint density at radius 1 is 1.56 bits per heavy atom. The highest BCUT2D eigenvalue weighted by molar-refractivity contribution is 5.92. The SMILES string of the molecule is NNc1cncc(C(=O)NCCC2CCOC2)n1. The Bertz CT molecular complexity index is 406. The zero-order valence-corrected chi connectivity index (χ0v) is 10.1. The number of nitrogens with zero attached hydrogens (tertiary/aromatic N) is 2. The summed E-state index contributed by atoms with van der Waals surface area (Å²) >= 11 is 0. The topological polar surface area (TPSA) is 102 Å². The lowest BCUT2D eigenvalue weighted by Crippen LogP contribution is -2.27. The lowest BCUT2D eigenvalue weighted by molar-refractivity contribution is 0.0945. The molecule has 0 aliphatic carbocycles. The van der Waals surface area contributed by atoms with E-state index in [1.807, 2.05) is 0 Å². The Hall–Kier alpha value is -1.73. The summed E-state index contributed by atoms with van der Waals surface area (Å²) in [6.45, 7) is 2.24. The first-order chi connectivity index (χ1) is 8.79. The Labute approximate surface area is 105 Å². The number of nitrogens with two attached hydrogens (primary N) is 1. The van der Waals surface area contributed by atoms with Gasteiger partial charge in [-0.3, -0.25) is 9.78 Å². The molecule has 0 radical (unpaired) electrons. The second-order valence-electron chi connectivity index (χ2n) is 4.21. The van der Waals surface area contributed by atoms with E-state index in [1.54, 1.807) is 0 Å². The van der Waals surface area contributed by atoms with Crippen LogP contribution in [0.2, 0.25) is 0 Å². The molecule has 98 valence electrons. The quantitative estimate of drug-likeness (QED) is 0.499. The van der Waals surface area contributed by atoms with Gasteiger partial charge in [-0.15, -0.1) is 0 Å². The minimum absolute atomic E-state index is 0.237. The molecule has 1 saturated heterocycles. The number of aromatic nitrogens is 2. The maximum atomic E-state index is 11.8. The first-order valence-electron chi connectivity index (χ1n) is 5.94. The van der Waals surface area contributed by atoms with Gasteiger partial charge in [0, 0.05) is 19.8 Å². The predicted octanol–water partition coefficient (Wildman–Crippen LogP) is -0.0814. The average Bonchev–Trinajstić information content (AvgIpc) is 2.92. The number of amides is 1. The van der Waals surface area contributed by atoms with Crippen molar-refractivity contribution in [3.63, 3.8) is 0 Å². The van der Waals surface area contributed by atoms with E-state index in [2.05, 4.69) is 20.7 Å². The van der Waals surface area contributed by atoms with Crippen molar-refractivity contribution in [2.45, 2.75) is 12.8 Å². The molecule has 0 spiro atoms. The van der Waals surface area contributed by atoms with Crippen molar-refractivity contribution in [3.8, 4) is 0 Å². The molecule has 4 N–H and O–H groups in total. The molecule has 1 aliphatic rings. The predicted molar refractivity (Wildman–Crippen MR) is 65.7 cm³/mol. The molecular weight excluding hydrogens is 234 g/mol. The minimum atomic E-state index is -0.237. The van der Waals surface area contributed by atoms with Crippen LogP contribution in [0.1, 0.15) is 23.3 Å². The molecule has 0 saturated carbocycles. The summed E-state index contributed by atoms with van der Waals surface area (Å²) in [5.41, 5.74) is 2.61. The van der Waals surface area contributed by atoms with Gasteiger partial charge in [-0.05, 0) is 18.8 Å². The summed E-state index contributed by atoms with van der Waals surface area (Å²) in [5.74, 6) is 5.88. The van der Waals surface area contributed by atoms with Gasteiger partial charge in [0.1, 0.15) is 5.69 Å². The van der Waals surface area contributed by atoms with Gasteiger partial charge in [0.15, 0.2) is 5.82 Å². The Morgan fingerprint density at radius 2 is 2.44 bits per heavy atom. The molecule has 2 heterocycles. The van der Waals surface area contributed by atoms with E-state index in [0.717, 1.165) is 26.1 Å². The summed E-state index contributed by atoms with van der Waals surface area (Å²) in [7, 11) is 0. The van der Waals surface area contributed by atoms with Crippen LogP contribution in [0.25, 0.3) is 0 Å². The van der Waals surface area contributed by atoms with E-state index in [4.69, 9.17) is 10.6 Å². The molecule has 1 atom stereocenters. The molecule has 1 aromatic heterocycles. The fourth-order valence-corrected chi connectivity index (χ4v) is 1.84. The van der Waals surface area contributed by atoms with Crippen molar-refractivity contribution in [2.24, 2.45) is 11.8 Å². The van der Waals surface area contributed by atoms with Crippen LogP contribution in [0, 0.1) is 5.92 Å². The highest BCUT2D eigenvalue weighted by Gasteiger charge is 2.16. The van der Waals surface area contributed by atoms with Crippen LogP contribution in [-0.4, -0.2) is 35.6 Å². The number of nitrogen functional groups attached to an aromatic ring is 1. The van der Waals surface area contributed by atoms with Gasteiger partial charge in [-0.25, -0.2) is 10.8 Å². The fourth-order valence-electron chi connectivity index (χ4n) is 1.84. The van der Waals surface area contributed by atoms with Gasteiger partial charge < -0.3 is 15.5 Å². The monoisotopic (exact) mass is 251 g/mol. The zero-order chi connectivity index (χ0) is 12.8. The first kappa shape index (κ1) is 12.7. The molecular formula is C11H17N5O2. The number of rotatable bonds is 5. The van der Waals surface area contributed by atoms with Crippen molar-refractivity contribution in [3.05, 3.63) is 18.1 Å². The lowest BCUT2D eigenvalue weighted by atomic mass is 10.1. The number of anilines is 1. The van der Waals surface area contributed by atoms with Crippen LogP contribution in [-0.2, 0) is 4.74 Å². The standard InChI is InChI=1S/C11H17N5O2/c12-16-10-6-13-5-9(15-10)11(17)14-3-1-8-2-4-18-7-8/h5-6,8H,1-4,7,12H2,(H,14,17)(H,15,16). The van der Waals surface area contributed by atoms with Crippen molar-refractivity contribution in [2.75, 3.05) is 25.2 Å². The van der Waals surface area contributed by atoms with Gasteiger partial charge in [0.2, 0.25) is 0 Å². The highest BCUT2D eigenvalue weighted by atomic mass is 16.5. The molecule has 1 unspecified atom stereocenters. The number of hydrogen-bond acceptors (Lipinski definition) is 6. The molecule has 1 fully saturated rings. The summed E-state index contributed by atoms with van der Waals surface area (Å²) < 4.78 is 5.27. The molecule has 0 aromatic carbocycles. The normalized spacial score (nSPS) is 18.6. The smallest absolute Gasteiger partial charge is 0.271 e. The molecule has 0 bridgehead atoms. The van der Waals surface area contributed by atoms with E-state index in [-0.39, 0.29) is 11.6 Å². The van der Waals surface area contributed by atoms with E-state index in [9.17, 15) is 4.79 Å². The average molecular weight is 251 g/mol. The molecule has 2 rings (SSSR count). The minimum Gasteiger partial charge on any atom is -0.381 e. The summed E-state index contributed by atoms with van der Waals surface area (Å²) in [5, 5.41) is 2.81. The third-order valence-corrected chi connectivity index (χ3v) is 2.88. The number of carbonyl (C=O) groups excluding carboxylic acids is 1. The van der Waals surface area contributed by atoms with Crippen LogP contribution >= 0.6 is 0 Å².